The predicted molar refractivity (Wildman–Crippen MR) is 109 cm³/mol. The van der Waals surface area contributed by atoms with E-state index in [1.807, 2.05) is 0 Å². The van der Waals surface area contributed by atoms with Gasteiger partial charge in [-0.25, -0.2) is 9.78 Å². The number of nitrogens with zero attached hydrogens (tertiary/aromatic N) is 1. The topological polar surface area (TPSA) is 88.1 Å². The molecule has 1 heterocycles. The highest BCUT2D eigenvalue weighted by molar-refractivity contribution is 5.90. The fourth-order valence-electron chi connectivity index (χ4n) is 2.73. The number of rotatable bonds is 10. The smallest absolute Gasteiger partial charge is 0.335 e. The van der Waals surface area contributed by atoms with Crippen LogP contribution in [0.25, 0.3) is 0 Å². The number of methoxy groups -OCH3 is 4. The van der Waals surface area contributed by atoms with Gasteiger partial charge in [-0.05, 0) is 18.6 Å². The molecule has 0 radical (unpaired) electrons. The van der Waals surface area contributed by atoms with E-state index in [-0.39, 0.29) is 12.2 Å². The molecule has 1 atom stereocenters. The van der Waals surface area contributed by atoms with Crippen molar-refractivity contribution < 1.29 is 28.5 Å². The number of benzene rings is 1. The van der Waals surface area contributed by atoms with Gasteiger partial charge in [0, 0.05) is 30.1 Å². The molecule has 0 amide bonds. The van der Waals surface area contributed by atoms with Crippen LogP contribution >= 0.6 is 0 Å². The molecule has 2 aromatic rings. The lowest BCUT2D eigenvalue weighted by molar-refractivity contribution is -0.138. The van der Waals surface area contributed by atoms with Gasteiger partial charge < -0.3 is 29.0 Å². The highest BCUT2D eigenvalue weighted by atomic mass is 16.5. The van der Waals surface area contributed by atoms with E-state index in [4.69, 9.17) is 23.7 Å². The second-order valence-electron chi connectivity index (χ2n) is 5.87. The Morgan fingerprint density at radius 2 is 1.72 bits per heavy atom. The number of ether oxygens (including phenoxy) is 5. The van der Waals surface area contributed by atoms with Crippen LogP contribution < -0.4 is 24.3 Å². The summed E-state index contributed by atoms with van der Waals surface area (Å²) < 4.78 is 26.4. The number of pyridine rings is 1. The van der Waals surface area contributed by atoms with Gasteiger partial charge in [0.2, 0.25) is 11.6 Å². The van der Waals surface area contributed by atoms with Gasteiger partial charge in [0.25, 0.3) is 0 Å². The molecule has 8 nitrogen and oxygen atoms in total. The van der Waals surface area contributed by atoms with Gasteiger partial charge in [-0.1, -0.05) is 6.58 Å². The summed E-state index contributed by atoms with van der Waals surface area (Å²) in [6, 6.07) is 6.38. The van der Waals surface area contributed by atoms with E-state index in [2.05, 4.69) is 16.9 Å². The standard InChI is InChI=1S/C21H26N2O6/c1-7-29-21(24)13(2)19(14-8-9-18(27-5)22-12-14)23-15-10-16(25-3)20(28-6)17(11-15)26-4/h8-12,19,23H,2,7H2,1,3-6H3/t19-/m1/s1. The van der Waals surface area contributed by atoms with Crippen LogP contribution in [0.2, 0.25) is 0 Å². The molecule has 0 aliphatic carbocycles. The molecule has 0 saturated carbocycles. The fourth-order valence-corrected chi connectivity index (χ4v) is 2.73. The molecule has 0 unspecified atom stereocenters. The Kier molecular flexibility index (Phi) is 7.70. The largest absolute Gasteiger partial charge is 0.493 e. The van der Waals surface area contributed by atoms with E-state index in [1.54, 1.807) is 37.4 Å². The van der Waals surface area contributed by atoms with Gasteiger partial charge in [-0.15, -0.1) is 0 Å². The average molecular weight is 402 g/mol. The third-order valence-electron chi connectivity index (χ3n) is 4.16. The first-order valence-corrected chi connectivity index (χ1v) is 8.91. The molecular formula is C21H26N2O6. The first kappa shape index (κ1) is 21.9. The number of esters is 1. The summed E-state index contributed by atoms with van der Waals surface area (Å²) in [5, 5.41) is 3.28. The van der Waals surface area contributed by atoms with Crippen LogP contribution in [0.4, 0.5) is 5.69 Å². The van der Waals surface area contributed by atoms with E-state index in [0.29, 0.717) is 34.4 Å². The van der Waals surface area contributed by atoms with Crippen molar-refractivity contribution >= 4 is 11.7 Å². The Hall–Kier alpha value is -3.42. The maximum absolute atomic E-state index is 12.3. The van der Waals surface area contributed by atoms with Crippen molar-refractivity contribution in [1.29, 1.82) is 0 Å². The molecule has 0 saturated heterocycles. The van der Waals surface area contributed by atoms with Crippen LogP contribution in [-0.2, 0) is 9.53 Å². The minimum Gasteiger partial charge on any atom is -0.493 e. The molecule has 1 N–H and O–H groups in total. The molecule has 8 heteroatoms. The highest BCUT2D eigenvalue weighted by Gasteiger charge is 2.24. The summed E-state index contributed by atoms with van der Waals surface area (Å²) in [5.41, 5.74) is 1.57. The van der Waals surface area contributed by atoms with Crippen LogP contribution in [0.1, 0.15) is 18.5 Å². The van der Waals surface area contributed by atoms with E-state index in [0.717, 1.165) is 0 Å². The number of aromatic nitrogens is 1. The molecule has 0 fully saturated rings. The van der Waals surface area contributed by atoms with Crippen molar-refractivity contribution in [2.24, 2.45) is 0 Å². The second-order valence-corrected chi connectivity index (χ2v) is 5.87. The zero-order valence-corrected chi connectivity index (χ0v) is 17.3. The van der Waals surface area contributed by atoms with Gasteiger partial charge in [-0.3, -0.25) is 0 Å². The van der Waals surface area contributed by atoms with Gasteiger partial charge in [-0.2, -0.15) is 0 Å². The lowest BCUT2D eigenvalue weighted by Gasteiger charge is -2.23. The molecular weight excluding hydrogens is 376 g/mol. The lowest BCUT2D eigenvalue weighted by atomic mass is 10.0. The number of hydrogen-bond acceptors (Lipinski definition) is 8. The number of carbonyl (C=O) groups is 1. The van der Waals surface area contributed by atoms with E-state index in [9.17, 15) is 4.79 Å². The lowest BCUT2D eigenvalue weighted by Crippen LogP contribution is -2.20. The maximum Gasteiger partial charge on any atom is 0.335 e. The van der Waals surface area contributed by atoms with Crippen molar-refractivity contribution in [1.82, 2.24) is 4.98 Å². The zero-order chi connectivity index (χ0) is 21.4. The summed E-state index contributed by atoms with van der Waals surface area (Å²) >= 11 is 0. The van der Waals surface area contributed by atoms with Crippen LogP contribution in [0.5, 0.6) is 23.1 Å². The molecule has 1 aromatic carbocycles. The van der Waals surface area contributed by atoms with Gasteiger partial charge >= 0.3 is 5.97 Å². The van der Waals surface area contributed by atoms with Crippen molar-refractivity contribution in [3.63, 3.8) is 0 Å². The number of nitrogens with one attached hydrogen (secondary N) is 1. The maximum atomic E-state index is 12.3. The van der Waals surface area contributed by atoms with Crippen LogP contribution in [0.15, 0.2) is 42.6 Å². The summed E-state index contributed by atoms with van der Waals surface area (Å²) in [6.45, 7) is 5.91. The molecule has 29 heavy (non-hydrogen) atoms. The second kappa shape index (κ2) is 10.2. The van der Waals surface area contributed by atoms with Gasteiger partial charge in [0.1, 0.15) is 0 Å². The number of carbonyl (C=O) groups excluding carboxylic acids is 1. The molecule has 0 aliphatic heterocycles. The van der Waals surface area contributed by atoms with E-state index >= 15 is 0 Å². The van der Waals surface area contributed by atoms with E-state index < -0.39 is 12.0 Å². The summed E-state index contributed by atoms with van der Waals surface area (Å²) in [5.74, 6) is 1.37. The fraction of sp³-hybridized carbons (Fsp3) is 0.333. The van der Waals surface area contributed by atoms with Crippen molar-refractivity contribution in [3.8, 4) is 23.1 Å². The van der Waals surface area contributed by atoms with Crippen LogP contribution in [0.3, 0.4) is 0 Å². The Bertz CT molecular complexity index is 826. The number of hydrogen-bond donors (Lipinski definition) is 1. The molecule has 156 valence electrons. The van der Waals surface area contributed by atoms with Crippen LogP contribution in [-0.4, -0.2) is 46.0 Å². The summed E-state index contributed by atoms with van der Waals surface area (Å²) in [6.07, 6.45) is 1.61. The molecule has 0 spiro atoms. The van der Waals surface area contributed by atoms with E-state index in [1.165, 1.54) is 28.4 Å². The third kappa shape index (κ3) is 5.10. The Balaban J connectivity index is 2.46. The monoisotopic (exact) mass is 402 g/mol. The average Bonchev–Trinajstić information content (AvgIpc) is 2.76. The Morgan fingerprint density at radius 3 is 2.17 bits per heavy atom. The molecule has 1 aromatic heterocycles. The quantitative estimate of drug-likeness (QED) is 0.478. The molecule has 0 bridgehead atoms. The predicted octanol–water partition coefficient (Wildman–Crippen LogP) is 3.39. The first-order chi connectivity index (χ1) is 14.0. The first-order valence-electron chi connectivity index (χ1n) is 8.91. The highest BCUT2D eigenvalue weighted by Crippen LogP contribution is 2.41. The molecule has 0 aliphatic rings. The SMILES string of the molecule is C=C(C(=O)OCC)[C@@H](Nc1cc(OC)c(OC)c(OC)c1)c1ccc(OC)nc1. The van der Waals surface area contributed by atoms with Crippen LogP contribution in [0, 0.1) is 0 Å². The normalized spacial score (nSPS) is 11.2. The van der Waals surface area contributed by atoms with Gasteiger partial charge in [0.15, 0.2) is 11.5 Å². The third-order valence-corrected chi connectivity index (χ3v) is 4.16. The zero-order valence-electron chi connectivity index (χ0n) is 17.3. The Morgan fingerprint density at radius 1 is 1.07 bits per heavy atom. The van der Waals surface area contributed by atoms with Crippen molar-refractivity contribution in [2.45, 2.75) is 13.0 Å². The molecule has 2 rings (SSSR count). The van der Waals surface area contributed by atoms with Gasteiger partial charge in [0.05, 0.1) is 46.7 Å². The Labute approximate surface area is 170 Å². The van der Waals surface area contributed by atoms with Crippen molar-refractivity contribution in [3.05, 3.63) is 48.2 Å². The minimum atomic E-state index is -0.602. The van der Waals surface area contributed by atoms with Crippen molar-refractivity contribution in [2.75, 3.05) is 40.4 Å². The minimum absolute atomic E-state index is 0.229. The summed E-state index contributed by atoms with van der Waals surface area (Å²) in [4.78, 5) is 16.6. The number of anilines is 1. The summed E-state index contributed by atoms with van der Waals surface area (Å²) in [7, 11) is 6.13.